The van der Waals surface area contributed by atoms with Crippen molar-refractivity contribution in [2.45, 2.75) is 51.1 Å². The third kappa shape index (κ3) is 4.12. The fraction of sp³-hybridized carbons (Fsp3) is 0.667. The Morgan fingerprint density at radius 3 is 2.38 bits per heavy atom. The Hall–Kier alpha value is -1.49. The number of carbonyl (C=O) groups is 2. The molecule has 0 saturated heterocycles. The smallest absolute Gasteiger partial charge is 0.225 e. The van der Waals surface area contributed by atoms with E-state index in [1.807, 2.05) is 30.9 Å². The standard InChI is InChI=1S/C18H26ClN3O2/c1-21-10-14(19)9-16(21)11-22(2)18(24)13-5-7-15(8-6-13)20-17(23)12-3-4-12/h9-10,12-13,15H,3-8,11H2,1-2H3,(H,20,23). The van der Waals surface area contributed by atoms with Gasteiger partial charge in [0.1, 0.15) is 0 Å². The molecule has 1 N–H and O–H groups in total. The third-order valence-electron chi connectivity index (χ3n) is 5.22. The van der Waals surface area contributed by atoms with E-state index in [-0.39, 0.29) is 29.7 Å². The molecular weight excluding hydrogens is 326 g/mol. The summed E-state index contributed by atoms with van der Waals surface area (Å²) in [5.41, 5.74) is 1.03. The van der Waals surface area contributed by atoms with Crippen LogP contribution in [-0.2, 0) is 23.2 Å². The van der Waals surface area contributed by atoms with Crippen LogP contribution < -0.4 is 5.32 Å². The number of carbonyl (C=O) groups excluding carboxylic acids is 2. The van der Waals surface area contributed by atoms with E-state index >= 15 is 0 Å². The number of aryl methyl sites for hydroxylation is 1. The largest absolute Gasteiger partial charge is 0.353 e. The molecule has 0 aliphatic heterocycles. The van der Waals surface area contributed by atoms with E-state index in [4.69, 9.17) is 11.6 Å². The minimum atomic E-state index is 0.0693. The molecule has 1 heterocycles. The first kappa shape index (κ1) is 17.3. The summed E-state index contributed by atoms with van der Waals surface area (Å²) >= 11 is 6.00. The molecule has 2 fully saturated rings. The molecule has 1 aromatic heterocycles. The number of nitrogens with one attached hydrogen (secondary N) is 1. The molecular formula is C18H26ClN3O2. The highest BCUT2D eigenvalue weighted by Crippen LogP contribution is 2.31. The summed E-state index contributed by atoms with van der Waals surface area (Å²) in [6.45, 7) is 0.570. The summed E-state index contributed by atoms with van der Waals surface area (Å²) in [4.78, 5) is 26.3. The summed E-state index contributed by atoms with van der Waals surface area (Å²) in [7, 11) is 3.79. The van der Waals surface area contributed by atoms with E-state index in [0.717, 1.165) is 44.2 Å². The second kappa shape index (κ2) is 7.18. The number of halogens is 1. The second-order valence-corrected chi connectivity index (χ2v) is 7.72. The van der Waals surface area contributed by atoms with Gasteiger partial charge < -0.3 is 14.8 Å². The van der Waals surface area contributed by atoms with E-state index < -0.39 is 0 Å². The van der Waals surface area contributed by atoms with Crippen LogP contribution in [-0.4, -0.2) is 34.4 Å². The number of hydrogen-bond donors (Lipinski definition) is 1. The molecule has 3 rings (SSSR count). The zero-order valence-electron chi connectivity index (χ0n) is 14.4. The number of aromatic nitrogens is 1. The molecule has 0 radical (unpaired) electrons. The summed E-state index contributed by atoms with van der Waals surface area (Å²) in [6.07, 6.45) is 7.43. The molecule has 1 aromatic rings. The van der Waals surface area contributed by atoms with E-state index in [2.05, 4.69) is 5.32 Å². The maximum Gasteiger partial charge on any atom is 0.225 e. The Morgan fingerprint density at radius 1 is 1.21 bits per heavy atom. The minimum absolute atomic E-state index is 0.0693. The maximum atomic E-state index is 12.7. The van der Waals surface area contributed by atoms with Gasteiger partial charge in [0.15, 0.2) is 0 Å². The highest BCUT2D eigenvalue weighted by atomic mass is 35.5. The number of nitrogens with zero attached hydrogens (tertiary/aromatic N) is 2. The molecule has 2 aliphatic rings. The average Bonchev–Trinajstić information content (AvgIpc) is 3.34. The molecule has 0 atom stereocenters. The van der Waals surface area contributed by atoms with Crippen LogP contribution in [0.4, 0.5) is 0 Å². The predicted molar refractivity (Wildman–Crippen MR) is 93.5 cm³/mol. The quantitative estimate of drug-likeness (QED) is 0.886. The van der Waals surface area contributed by atoms with Gasteiger partial charge in [0, 0.05) is 43.9 Å². The number of rotatable bonds is 5. The summed E-state index contributed by atoms with van der Waals surface area (Å²) in [6, 6.07) is 2.15. The molecule has 5 nitrogen and oxygen atoms in total. The fourth-order valence-electron chi connectivity index (χ4n) is 3.51. The van der Waals surface area contributed by atoms with E-state index in [9.17, 15) is 9.59 Å². The van der Waals surface area contributed by atoms with Crippen molar-refractivity contribution < 1.29 is 9.59 Å². The average molecular weight is 352 g/mol. The Labute approximate surface area is 148 Å². The first-order valence-corrected chi connectivity index (χ1v) is 9.18. The van der Waals surface area contributed by atoms with Gasteiger partial charge >= 0.3 is 0 Å². The van der Waals surface area contributed by atoms with Crippen molar-refractivity contribution >= 4 is 23.4 Å². The van der Waals surface area contributed by atoms with Gasteiger partial charge in [0.2, 0.25) is 11.8 Å². The van der Waals surface area contributed by atoms with Crippen LogP contribution in [0.2, 0.25) is 5.02 Å². The highest BCUT2D eigenvalue weighted by Gasteiger charge is 2.33. The van der Waals surface area contributed by atoms with E-state index in [0.29, 0.717) is 11.6 Å². The van der Waals surface area contributed by atoms with Crippen molar-refractivity contribution in [2.24, 2.45) is 18.9 Å². The van der Waals surface area contributed by atoms with Crippen molar-refractivity contribution in [1.82, 2.24) is 14.8 Å². The molecule has 0 bridgehead atoms. The zero-order valence-corrected chi connectivity index (χ0v) is 15.2. The highest BCUT2D eigenvalue weighted by molar-refractivity contribution is 6.30. The lowest BCUT2D eigenvalue weighted by molar-refractivity contribution is -0.136. The Bertz CT molecular complexity index is 616. The summed E-state index contributed by atoms with van der Waals surface area (Å²) in [5, 5.41) is 3.83. The molecule has 2 amide bonds. The van der Waals surface area contributed by atoms with Gasteiger partial charge in [-0.3, -0.25) is 9.59 Å². The van der Waals surface area contributed by atoms with Gasteiger partial charge in [-0.25, -0.2) is 0 Å². The van der Waals surface area contributed by atoms with Gasteiger partial charge in [-0.2, -0.15) is 0 Å². The van der Waals surface area contributed by atoms with Crippen LogP contribution in [0.5, 0.6) is 0 Å². The molecule has 0 unspecified atom stereocenters. The molecule has 0 spiro atoms. The summed E-state index contributed by atoms with van der Waals surface area (Å²) in [5.74, 6) is 0.731. The van der Waals surface area contributed by atoms with E-state index in [1.165, 1.54) is 0 Å². The summed E-state index contributed by atoms with van der Waals surface area (Å²) < 4.78 is 1.95. The van der Waals surface area contributed by atoms with Crippen molar-refractivity contribution in [3.8, 4) is 0 Å². The predicted octanol–water partition coefficient (Wildman–Crippen LogP) is 2.72. The number of hydrogen-bond acceptors (Lipinski definition) is 2. The molecule has 2 aliphatic carbocycles. The maximum absolute atomic E-state index is 12.7. The van der Waals surface area contributed by atoms with Crippen LogP contribution in [0.25, 0.3) is 0 Å². The van der Waals surface area contributed by atoms with Gasteiger partial charge in [-0.15, -0.1) is 0 Å². The fourth-order valence-corrected chi connectivity index (χ4v) is 3.78. The van der Waals surface area contributed by atoms with Crippen LogP contribution in [0, 0.1) is 11.8 Å². The van der Waals surface area contributed by atoms with Gasteiger partial charge in [0.05, 0.1) is 11.6 Å². The third-order valence-corrected chi connectivity index (χ3v) is 5.43. The van der Waals surface area contributed by atoms with Gasteiger partial charge in [-0.1, -0.05) is 11.6 Å². The van der Waals surface area contributed by atoms with Crippen LogP contribution in [0.15, 0.2) is 12.3 Å². The SMILES string of the molecule is CN(Cc1cc(Cl)cn1C)C(=O)C1CCC(NC(=O)C2CC2)CC1. The lowest BCUT2D eigenvalue weighted by Gasteiger charge is -2.31. The van der Waals surface area contributed by atoms with Crippen molar-refractivity contribution in [2.75, 3.05) is 7.05 Å². The van der Waals surface area contributed by atoms with Crippen molar-refractivity contribution in [3.05, 3.63) is 23.0 Å². The van der Waals surface area contributed by atoms with Gasteiger partial charge in [-0.05, 0) is 44.6 Å². The lowest BCUT2D eigenvalue weighted by atomic mass is 9.85. The molecule has 0 aromatic carbocycles. The molecule has 2 saturated carbocycles. The molecule has 24 heavy (non-hydrogen) atoms. The first-order chi connectivity index (χ1) is 11.4. The minimum Gasteiger partial charge on any atom is -0.353 e. The number of amides is 2. The van der Waals surface area contributed by atoms with Crippen molar-refractivity contribution in [3.63, 3.8) is 0 Å². The van der Waals surface area contributed by atoms with Crippen LogP contribution >= 0.6 is 11.6 Å². The Kier molecular flexibility index (Phi) is 5.18. The van der Waals surface area contributed by atoms with Crippen LogP contribution in [0.3, 0.4) is 0 Å². The second-order valence-electron chi connectivity index (χ2n) is 7.29. The molecule has 6 heteroatoms. The zero-order chi connectivity index (χ0) is 17.3. The first-order valence-electron chi connectivity index (χ1n) is 8.80. The Morgan fingerprint density at radius 2 is 1.83 bits per heavy atom. The van der Waals surface area contributed by atoms with Crippen LogP contribution in [0.1, 0.15) is 44.2 Å². The topological polar surface area (TPSA) is 54.3 Å². The monoisotopic (exact) mass is 351 g/mol. The lowest BCUT2D eigenvalue weighted by Crippen LogP contribution is -2.41. The Balaban J connectivity index is 1.47. The van der Waals surface area contributed by atoms with Gasteiger partial charge in [0.25, 0.3) is 0 Å². The molecule has 132 valence electrons. The normalized spacial score (nSPS) is 23.8. The van der Waals surface area contributed by atoms with Crippen molar-refractivity contribution in [1.29, 1.82) is 0 Å². The van der Waals surface area contributed by atoms with E-state index in [1.54, 1.807) is 4.90 Å².